The Labute approximate surface area is 157 Å². The van der Waals surface area contributed by atoms with Crippen molar-refractivity contribution in [1.29, 1.82) is 0 Å². The van der Waals surface area contributed by atoms with Crippen molar-refractivity contribution in [1.82, 2.24) is 0 Å². The standard InChI is InChI=1S/C20H20ClNO4/c1-3-12(4-2)18(23)13-5-7-14(8-6-13)19(24)22-17-10-9-15(21)11-16(17)20(25)26/h5-12H,3-4H2,1-2H3,(H,22,24)(H,25,26). The minimum Gasteiger partial charge on any atom is -0.478 e. The minimum absolute atomic E-state index is 0.0260. The van der Waals surface area contributed by atoms with E-state index in [9.17, 15) is 19.5 Å². The quantitative estimate of drug-likeness (QED) is 0.675. The van der Waals surface area contributed by atoms with Gasteiger partial charge in [-0.15, -0.1) is 0 Å². The summed E-state index contributed by atoms with van der Waals surface area (Å²) < 4.78 is 0. The van der Waals surface area contributed by atoms with E-state index in [1.807, 2.05) is 13.8 Å². The molecule has 0 fully saturated rings. The number of benzene rings is 2. The molecule has 0 aliphatic carbocycles. The second-order valence-corrected chi connectivity index (χ2v) is 6.34. The van der Waals surface area contributed by atoms with E-state index in [2.05, 4.69) is 5.32 Å². The molecule has 0 saturated heterocycles. The van der Waals surface area contributed by atoms with Crippen molar-refractivity contribution in [2.75, 3.05) is 5.32 Å². The van der Waals surface area contributed by atoms with Crippen LogP contribution in [0.4, 0.5) is 5.69 Å². The molecule has 136 valence electrons. The van der Waals surface area contributed by atoms with Crippen LogP contribution in [0.3, 0.4) is 0 Å². The van der Waals surface area contributed by atoms with Crippen molar-refractivity contribution >= 4 is 34.9 Å². The highest BCUT2D eigenvalue weighted by molar-refractivity contribution is 6.31. The van der Waals surface area contributed by atoms with Crippen LogP contribution >= 0.6 is 11.6 Å². The molecule has 2 rings (SSSR count). The highest BCUT2D eigenvalue weighted by Gasteiger charge is 2.18. The molecule has 5 nitrogen and oxygen atoms in total. The summed E-state index contributed by atoms with van der Waals surface area (Å²) in [6.07, 6.45) is 1.54. The van der Waals surface area contributed by atoms with Gasteiger partial charge in [0.2, 0.25) is 0 Å². The zero-order valence-corrected chi connectivity index (χ0v) is 15.3. The lowest BCUT2D eigenvalue weighted by molar-refractivity contribution is 0.0697. The molecule has 0 atom stereocenters. The third-order valence-corrected chi connectivity index (χ3v) is 4.48. The number of Topliss-reactive ketones (excluding diaryl/α,β-unsaturated/α-hetero) is 1. The van der Waals surface area contributed by atoms with Gasteiger partial charge in [-0.25, -0.2) is 4.79 Å². The van der Waals surface area contributed by atoms with Gasteiger partial charge in [0.1, 0.15) is 0 Å². The second kappa shape index (κ2) is 8.63. The lowest BCUT2D eigenvalue weighted by Gasteiger charge is -2.12. The zero-order chi connectivity index (χ0) is 19.3. The number of hydrogen-bond donors (Lipinski definition) is 2. The van der Waals surface area contributed by atoms with Gasteiger partial charge >= 0.3 is 5.97 Å². The van der Waals surface area contributed by atoms with Crippen molar-refractivity contribution in [3.05, 3.63) is 64.2 Å². The molecule has 2 aromatic rings. The predicted molar refractivity (Wildman–Crippen MR) is 101 cm³/mol. The fraction of sp³-hybridized carbons (Fsp3) is 0.250. The van der Waals surface area contributed by atoms with Crippen LogP contribution in [0, 0.1) is 5.92 Å². The lowest BCUT2D eigenvalue weighted by Crippen LogP contribution is -2.16. The monoisotopic (exact) mass is 373 g/mol. The van der Waals surface area contributed by atoms with Gasteiger partial charge in [-0.2, -0.15) is 0 Å². The molecule has 0 bridgehead atoms. The van der Waals surface area contributed by atoms with Crippen LogP contribution in [-0.2, 0) is 0 Å². The summed E-state index contributed by atoms with van der Waals surface area (Å²) in [4.78, 5) is 36.0. The number of carboxylic acid groups (broad SMARTS) is 1. The highest BCUT2D eigenvalue weighted by atomic mass is 35.5. The molecule has 0 saturated carbocycles. The first-order chi connectivity index (χ1) is 12.4. The average Bonchev–Trinajstić information content (AvgIpc) is 2.64. The summed E-state index contributed by atoms with van der Waals surface area (Å²) in [5, 5.41) is 12.1. The summed E-state index contributed by atoms with van der Waals surface area (Å²) in [7, 11) is 0. The molecule has 26 heavy (non-hydrogen) atoms. The fourth-order valence-electron chi connectivity index (χ4n) is 2.68. The maximum absolute atomic E-state index is 12.4. The number of amides is 1. The molecule has 0 radical (unpaired) electrons. The van der Waals surface area contributed by atoms with Crippen molar-refractivity contribution < 1.29 is 19.5 Å². The van der Waals surface area contributed by atoms with Crippen LogP contribution in [0.2, 0.25) is 5.02 Å². The first-order valence-corrected chi connectivity index (χ1v) is 8.73. The number of rotatable bonds is 7. The Kier molecular flexibility index (Phi) is 6.52. The lowest BCUT2D eigenvalue weighted by atomic mass is 9.92. The highest BCUT2D eigenvalue weighted by Crippen LogP contribution is 2.22. The zero-order valence-electron chi connectivity index (χ0n) is 14.6. The Morgan fingerprint density at radius 1 is 1.00 bits per heavy atom. The Morgan fingerprint density at radius 3 is 2.12 bits per heavy atom. The topological polar surface area (TPSA) is 83.5 Å². The minimum atomic E-state index is -1.19. The smallest absolute Gasteiger partial charge is 0.337 e. The molecule has 2 N–H and O–H groups in total. The maximum Gasteiger partial charge on any atom is 0.337 e. The van der Waals surface area contributed by atoms with Crippen LogP contribution in [0.1, 0.15) is 57.8 Å². The number of hydrogen-bond acceptors (Lipinski definition) is 3. The fourth-order valence-corrected chi connectivity index (χ4v) is 2.85. The molecule has 6 heteroatoms. The summed E-state index contributed by atoms with van der Waals surface area (Å²) in [5.74, 6) is -1.61. The van der Waals surface area contributed by atoms with E-state index in [4.69, 9.17) is 11.6 Å². The number of ketones is 1. The molecular formula is C20H20ClNO4. The van der Waals surface area contributed by atoms with E-state index in [1.165, 1.54) is 18.2 Å². The summed E-state index contributed by atoms with van der Waals surface area (Å²) >= 11 is 5.80. The van der Waals surface area contributed by atoms with Gasteiger partial charge in [0.15, 0.2) is 5.78 Å². The van der Waals surface area contributed by atoms with Gasteiger partial charge in [-0.05, 0) is 43.2 Å². The molecular weight excluding hydrogens is 354 g/mol. The van der Waals surface area contributed by atoms with Gasteiger partial charge in [0, 0.05) is 22.1 Å². The predicted octanol–water partition coefficient (Wildman–Crippen LogP) is 4.91. The van der Waals surface area contributed by atoms with Crippen LogP contribution in [0.15, 0.2) is 42.5 Å². The van der Waals surface area contributed by atoms with E-state index in [1.54, 1.807) is 24.3 Å². The summed E-state index contributed by atoms with van der Waals surface area (Å²) in [6, 6.07) is 10.6. The number of carbonyl (C=O) groups is 3. The van der Waals surface area contributed by atoms with E-state index in [0.717, 1.165) is 12.8 Å². The van der Waals surface area contributed by atoms with E-state index >= 15 is 0 Å². The van der Waals surface area contributed by atoms with E-state index in [0.29, 0.717) is 11.1 Å². The third-order valence-electron chi connectivity index (χ3n) is 4.25. The first kappa shape index (κ1) is 19.7. The van der Waals surface area contributed by atoms with Crippen molar-refractivity contribution in [2.45, 2.75) is 26.7 Å². The van der Waals surface area contributed by atoms with Gasteiger partial charge in [0.25, 0.3) is 5.91 Å². The normalized spacial score (nSPS) is 10.6. The molecule has 0 aliphatic rings. The molecule has 0 aliphatic heterocycles. The molecule has 0 heterocycles. The molecule has 2 aromatic carbocycles. The van der Waals surface area contributed by atoms with Gasteiger partial charge in [-0.1, -0.05) is 37.6 Å². The van der Waals surface area contributed by atoms with Gasteiger partial charge in [-0.3, -0.25) is 9.59 Å². The number of carboxylic acids is 1. The molecule has 0 aromatic heterocycles. The first-order valence-electron chi connectivity index (χ1n) is 8.35. The van der Waals surface area contributed by atoms with Gasteiger partial charge in [0.05, 0.1) is 11.3 Å². The molecule has 1 amide bonds. The van der Waals surface area contributed by atoms with Crippen molar-refractivity contribution in [3.63, 3.8) is 0 Å². The number of aromatic carboxylic acids is 1. The SMILES string of the molecule is CCC(CC)C(=O)c1ccc(C(=O)Nc2ccc(Cl)cc2C(=O)O)cc1. The van der Waals surface area contributed by atoms with Crippen LogP contribution in [-0.4, -0.2) is 22.8 Å². The Balaban J connectivity index is 2.19. The number of halogens is 1. The molecule has 0 spiro atoms. The average molecular weight is 374 g/mol. The summed E-state index contributed by atoms with van der Waals surface area (Å²) in [6.45, 7) is 3.94. The van der Waals surface area contributed by atoms with Crippen LogP contribution in [0.25, 0.3) is 0 Å². The number of carbonyl (C=O) groups excluding carboxylic acids is 2. The van der Waals surface area contributed by atoms with Crippen LogP contribution in [0.5, 0.6) is 0 Å². The Hall–Kier alpha value is -2.66. The van der Waals surface area contributed by atoms with Crippen LogP contribution < -0.4 is 5.32 Å². The van der Waals surface area contributed by atoms with Gasteiger partial charge < -0.3 is 10.4 Å². The Morgan fingerprint density at radius 2 is 1.58 bits per heavy atom. The van der Waals surface area contributed by atoms with Crippen molar-refractivity contribution in [3.8, 4) is 0 Å². The largest absolute Gasteiger partial charge is 0.478 e. The van der Waals surface area contributed by atoms with E-state index in [-0.39, 0.29) is 28.0 Å². The Bertz CT molecular complexity index is 826. The second-order valence-electron chi connectivity index (χ2n) is 5.90. The number of anilines is 1. The third kappa shape index (κ3) is 4.49. The summed E-state index contributed by atoms with van der Waals surface area (Å²) in [5.41, 5.74) is 0.959. The molecule has 0 unspecified atom stereocenters. The van der Waals surface area contributed by atoms with E-state index < -0.39 is 11.9 Å². The van der Waals surface area contributed by atoms with Crippen molar-refractivity contribution in [2.24, 2.45) is 5.92 Å². The maximum atomic E-state index is 12.4. The number of nitrogens with one attached hydrogen (secondary N) is 1.